The zero-order valence-corrected chi connectivity index (χ0v) is 12.1. The van der Waals surface area contributed by atoms with Gasteiger partial charge in [0, 0.05) is 19.6 Å². The van der Waals surface area contributed by atoms with Crippen LogP contribution in [0.25, 0.3) is 0 Å². The molecule has 2 rings (SSSR count). The second kappa shape index (κ2) is 6.90. The Hall–Kier alpha value is -1.09. The molecule has 1 aromatic rings. The molecule has 0 amide bonds. The molecule has 1 unspecified atom stereocenters. The van der Waals surface area contributed by atoms with Crippen molar-refractivity contribution in [3.63, 3.8) is 0 Å². The van der Waals surface area contributed by atoms with Gasteiger partial charge in [0.2, 0.25) is 0 Å². The molecule has 2 nitrogen and oxygen atoms in total. The van der Waals surface area contributed by atoms with E-state index in [1.165, 1.54) is 12.8 Å². The van der Waals surface area contributed by atoms with Crippen molar-refractivity contribution in [1.29, 1.82) is 0 Å². The number of halogens is 1. The van der Waals surface area contributed by atoms with Crippen LogP contribution in [-0.2, 0) is 6.54 Å². The molecule has 0 aromatic heterocycles. The topological polar surface area (TPSA) is 15.3 Å². The van der Waals surface area contributed by atoms with E-state index < -0.39 is 0 Å². The third-order valence-electron chi connectivity index (χ3n) is 3.99. The average molecular weight is 264 g/mol. The van der Waals surface area contributed by atoms with Crippen molar-refractivity contribution in [2.75, 3.05) is 24.5 Å². The zero-order valence-electron chi connectivity index (χ0n) is 12.1. The van der Waals surface area contributed by atoms with Gasteiger partial charge in [0.25, 0.3) is 0 Å². The Labute approximate surface area is 116 Å². The van der Waals surface area contributed by atoms with Crippen molar-refractivity contribution in [3.05, 3.63) is 29.6 Å². The number of para-hydroxylation sites is 1. The number of rotatable bonds is 6. The molecule has 1 heterocycles. The van der Waals surface area contributed by atoms with Gasteiger partial charge in [-0.15, -0.1) is 0 Å². The highest BCUT2D eigenvalue weighted by atomic mass is 19.1. The number of hydrogen-bond donors (Lipinski definition) is 1. The van der Waals surface area contributed by atoms with Crippen molar-refractivity contribution in [2.45, 2.75) is 39.7 Å². The maximum absolute atomic E-state index is 14.2. The predicted octanol–water partition coefficient (Wildman–Crippen LogP) is 3.56. The molecule has 0 aliphatic carbocycles. The summed E-state index contributed by atoms with van der Waals surface area (Å²) >= 11 is 0. The van der Waals surface area contributed by atoms with Crippen molar-refractivity contribution >= 4 is 5.69 Å². The quantitative estimate of drug-likeness (QED) is 0.790. The summed E-state index contributed by atoms with van der Waals surface area (Å²) in [6.45, 7) is 8.09. The lowest BCUT2D eigenvalue weighted by atomic mass is 10.1. The molecule has 106 valence electrons. The van der Waals surface area contributed by atoms with E-state index in [1.54, 1.807) is 6.07 Å². The number of hydrogen-bond acceptors (Lipinski definition) is 2. The van der Waals surface area contributed by atoms with E-state index in [0.717, 1.165) is 49.8 Å². The van der Waals surface area contributed by atoms with Gasteiger partial charge in [-0.1, -0.05) is 32.4 Å². The number of benzene rings is 1. The highest BCUT2D eigenvalue weighted by Gasteiger charge is 2.24. The summed E-state index contributed by atoms with van der Waals surface area (Å²) in [5.41, 5.74) is 1.91. The predicted molar refractivity (Wildman–Crippen MR) is 79.0 cm³/mol. The van der Waals surface area contributed by atoms with E-state index in [9.17, 15) is 4.39 Å². The van der Waals surface area contributed by atoms with Crippen molar-refractivity contribution in [2.24, 2.45) is 5.92 Å². The van der Waals surface area contributed by atoms with Crippen molar-refractivity contribution in [1.82, 2.24) is 5.32 Å². The van der Waals surface area contributed by atoms with Crippen LogP contribution in [0.15, 0.2) is 18.2 Å². The van der Waals surface area contributed by atoms with Gasteiger partial charge in [-0.05, 0) is 36.9 Å². The normalized spacial score (nSPS) is 19.1. The van der Waals surface area contributed by atoms with Gasteiger partial charge in [0.15, 0.2) is 0 Å². The fraction of sp³-hybridized carbons (Fsp3) is 0.625. The van der Waals surface area contributed by atoms with Gasteiger partial charge < -0.3 is 10.2 Å². The molecule has 0 radical (unpaired) electrons. The summed E-state index contributed by atoms with van der Waals surface area (Å²) < 4.78 is 14.2. The molecule has 0 bridgehead atoms. The van der Waals surface area contributed by atoms with Gasteiger partial charge in [-0.2, -0.15) is 0 Å². The summed E-state index contributed by atoms with van der Waals surface area (Å²) in [4.78, 5) is 2.23. The summed E-state index contributed by atoms with van der Waals surface area (Å²) in [7, 11) is 0. The zero-order chi connectivity index (χ0) is 13.7. The first kappa shape index (κ1) is 14.3. The van der Waals surface area contributed by atoms with E-state index in [0.29, 0.717) is 0 Å². The molecule has 0 saturated carbocycles. The Kier molecular flexibility index (Phi) is 5.20. The molecule has 1 aliphatic rings. The van der Waals surface area contributed by atoms with E-state index in [1.807, 2.05) is 12.1 Å². The monoisotopic (exact) mass is 264 g/mol. The Morgan fingerprint density at radius 2 is 2.21 bits per heavy atom. The lowest BCUT2D eigenvalue weighted by Crippen LogP contribution is -2.24. The molecule has 1 saturated heterocycles. The molecule has 1 aromatic carbocycles. The molecule has 3 heteroatoms. The van der Waals surface area contributed by atoms with Gasteiger partial charge in [-0.25, -0.2) is 4.39 Å². The SMILES string of the molecule is CCCNCc1cccc(F)c1N1CCC(CC)C1. The highest BCUT2D eigenvalue weighted by Crippen LogP contribution is 2.30. The van der Waals surface area contributed by atoms with Gasteiger partial charge in [0.1, 0.15) is 5.82 Å². The summed E-state index contributed by atoms with van der Waals surface area (Å²) in [5.74, 6) is 0.642. The highest BCUT2D eigenvalue weighted by molar-refractivity contribution is 5.55. The fourth-order valence-electron chi connectivity index (χ4n) is 2.83. The number of nitrogens with one attached hydrogen (secondary N) is 1. The van der Waals surface area contributed by atoms with E-state index >= 15 is 0 Å². The number of nitrogens with zero attached hydrogens (tertiary/aromatic N) is 1. The summed E-state index contributed by atoms with van der Waals surface area (Å²) in [6.07, 6.45) is 3.48. The Balaban J connectivity index is 2.13. The van der Waals surface area contributed by atoms with E-state index in [-0.39, 0.29) is 5.82 Å². The molecule has 1 atom stereocenters. The van der Waals surface area contributed by atoms with Crippen LogP contribution in [0.4, 0.5) is 10.1 Å². The maximum atomic E-state index is 14.2. The van der Waals surface area contributed by atoms with E-state index in [4.69, 9.17) is 0 Å². The van der Waals surface area contributed by atoms with Gasteiger partial charge in [-0.3, -0.25) is 0 Å². The molecule has 1 aliphatic heterocycles. The second-order valence-electron chi connectivity index (χ2n) is 5.43. The Bertz CT molecular complexity index is 406. The molecule has 1 fully saturated rings. The first-order chi connectivity index (χ1) is 9.26. The van der Waals surface area contributed by atoms with Crippen LogP contribution >= 0.6 is 0 Å². The molecule has 0 spiro atoms. The standard InChI is InChI=1S/C16H25FN2/c1-3-9-18-11-14-6-5-7-15(17)16(14)19-10-8-13(4-2)12-19/h5-7,13,18H,3-4,8-12H2,1-2H3. The van der Waals surface area contributed by atoms with Crippen molar-refractivity contribution in [3.8, 4) is 0 Å². The Morgan fingerprint density at radius 3 is 2.89 bits per heavy atom. The van der Waals surface area contributed by atoms with Crippen LogP contribution in [0.2, 0.25) is 0 Å². The molecule has 19 heavy (non-hydrogen) atoms. The average Bonchev–Trinajstić information content (AvgIpc) is 2.87. The van der Waals surface area contributed by atoms with Gasteiger partial charge >= 0.3 is 0 Å². The lowest BCUT2D eigenvalue weighted by molar-refractivity contribution is 0.566. The molecule has 1 N–H and O–H groups in total. The van der Waals surface area contributed by atoms with Crippen LogP contribution in [0, 0.1) is 11.7 Å². The van der Waals surface area contributed by atoms with E-state index in [2.05, 4.69) is 24.1 Å². The first-order valence-corrected chi connectivity index (χ1v) is 7.49. The second-order valence-corrected chi connectivity index (χ2v) is 5.43. The third kappa shape index (κ3) is 3.47. The van der Waals surface area contributed by atoms with Crippen LogP contribution in [-0.4, -0.2) is 19.6 Å². The minimum absolute atomic E-state index is 0.0763. The number of anilines is 1. The summed E-state index contributed by atoms with van der Waals surface area (Å²) in [6, 6.07) is 5.44. The summed E-state index contributed by atoms with van der Waals surface area (Å²) in [5, 5.41) is 3.37. The maximum Gasteiger partial charge on any atom is 0.146 e. The third-order valence-corrected chi connectivity index (χ3v) is 3.99. The van der Waals surface area contributed by atoms with Crippen LogP contribution in [0.1, 0.15) is 38.7 Å². The van der Waals surface area contributed by atoms with Gasteiger partial charge in [0.05, 0.1) is 5.69 Å². The lowest BCUT2D eigenvalue weighted by Gasteiger charge is -2.23. The first-order valence-electron chi connectivity index (χ1n) is 7.49. The smallest absolute Gasteiger partial charge is 0.146 e. The van der Waals surface area contributed by atoms with Crippen LogP contribution in [0.5, 0.6) is 0 Å². The molecular formula is C16H25FN2. The van der Waals surface area contributed by atoms with Crippen LogP contribution in [0.3, 0.4) is 0 Å². The minimum atomic E-state index is -0.0763. The largest absolute Gasteiger partial charge is 0.369 e. The Morgan fingerprint density at radius 1 is 1.37 bits per heavy atom. The molecular weight excluding hydrogens is 239 g/mol. The van der Waals surface area contributed by atoms with Crippen molar-refractivity contribution < 1.29 is 4.39 Å². The van der Waals surface area contributed by atoms with Crippen LogP contribution < -0.4 is 10.2 Å². The minimum Gasteiger partial charge on any atom is -0.369 e. The fourth-order valence-corrected chi connectivity index (χ4v) is 2.83.